The maximum absolute atomic E-state index is 11.3. The van der Waals surface area contributed by atoms with Crippen LogP contribution in [0.25, 0.3) is 0 Å². The van der Waals surface area contributed by atoms with E-state index in [1.54, 1.807) is 0 Å². The fourth-order valence-electron chi connectivity index (χ4n) is 3.15. The minimum Gasteiger partial charge on any atom is -0.330 e. The van der Waals surface area contributed by atoms with E-state index in [0.29, 0.717) is 11.7 Å². The predicted molar refractivity (Wildman–Crippen MR) is 127 cm³/mol. The zero-order valence-electron chi connectivity index (χ0n) is 16.5. The molecule has 0 radical (unpaired) electrons. The van der Waals surface area contributed by atoms with Crippen molar-refractivity contribution in [3.63, 3.8) is 0 Å². The standard InChI is InChI=1S/C7H15NOS.C6H13NOS.C5H11NOS/c1-10(9)4-2-7(6-8)3-5-10;1-9(8)4-2-6(7)3-5-9;1-8(7)3-2-5(6)4-8/h7H,1-6,8H2;6H,1-5,7H2;5H,1-4,6H2. The third kappa shape index (κ3) is 10.9. The Balaban J connectivity index is 0.000000204. The molecule has 0 saturated carbocycles. The first-order valence-corrected chi connectivity index (χ1v) is 15.7. The first kappa shape index (κ1) is 25.0. The molecule has 2 atom stereocenters. The Kier molecular flexibility index (Phi) is 9.84. The van der Waals surface area contributed by atoms with E-state index in [-0.39, 0.29) is 12.1 Å². The van der Waals surface area contributed by atoms with E-state index in [4.69, 9.17) is 17.2 Å². The van der Waals surface area contributed by atoms with Crippen LogP contribution in [0.5, 0.6) is 0 Å². The SMILES string of the molecule is C=S1(=O)CCC(CN)CC1.C=S1(=O)CCC(N)C1.C=S1(=O)CCC(N)CC1. The van der Waals surface area contributed by atoms with Crippen molar-refractivity contribution in [2.24, 2.45) is 23.1 Å². The Morgan fingerprint density at radius 3 is 1.30 bits per heavy atom. The average molecular weight is 442 g/mol. The lowest BCUT2D eigenvalue weighted by molar-refractivity contribution is 0.491. The molecular formula is C18H39N3O3S3. The molecule has 3 aliphatic rings. The van der Waals surface area contributed by atoms with Crippen molar-refractivity contribution in [2.75, 3.05) is 41.1 Å². The lowest BCUT2D eigenvalue weighted by Gasteiger charge is -2.22. The van der Waals surface area contributed by atoms with Gasteiger partial charge in [0.1, 0.15) is 0 Å². The van der Waals surface area contributed by atoms with Crippen LogP contribution in [0.15, 0.2) is 0 Å². The van der Waals surface area contributed by atoms with E-state index in [9.17, 15) is 12.6 Å². The zero-order valence-corrected chi connectivity index (χ0v) is 19.0. The molecule has 0 aromatic rings. The summed E-state index contributed by atoms with van der Waals surface area (Å²) in [5.41, 5.74) is 16.6. The molecule has 0 aliphatic carbocycles. The molecule has 6 N–H and O–H groups in total. The minimum atomic E-state index is -1.72. The van der Waals surface area contributed by atoms with Crippen molar-refractivity contribution in [3.8, 4) is 0 Å². The average Bonchev–Trinajstić information content (AvgIpc) is 2.89. The van der Waals surface area contributed by atoms with Gasteiger partial charge in [0.05, 0.1) is 0 Å². The van der Waals surface area contributed by atoms with Crippen LogP contribution < -0.4 is 17.2 Å². The highest BCUT2D eigenvalue weighted by atomic mass is 32.2. The Morgan fingerprint density at radius 2 is 1.04 bits per heavy atom. The van der Waals surface area contributed by atoms with Gasteiger partial charge in [-0.05, 0) is 90.7 Å². The van der Waals surface area contributed by atoms with E-state index < -0.39 is 28.6 Å². The third-order valence-electron chi connectivity index (χ3n) is 5.23. The molecule has 3 fully saturated rings. The van der Waals surface area contributed by atoms with Gasteiger partial charge in [-0.3, -0.25) is 12.6 Å². The Bertz CT molecular complexity index is 731. The topological polar surface area (TPSA) is 129 Å². The molecule has 2 unspecified atom stereocenters. The Hall–Kier alpha value is -0.0600. The molecule has 0 aromatic heterocycles. The van der Waals surface area contributed by atoms with Gasteiger partial charge in [0, 0.05) is 46.6 Å². The number of hydrogen-bond acceptors (Lipinski definition) is 6. The first-order valence-electron chi connectivity index (χ1n) is 9.53. The molecule has 3 saturated heterocycles. The van der Waals surface area contributed by atoms with Crippen molar-refractivity contribution in [2.45, 2.75) is 44.2 Å². The van der Waals surface area contributed by atoms with Crippen LogP contribution in [0, 0.1) is 5.92 Å². The summed E-state index contributed by atoms with van der Waals surface area (Å²) in [6, 6.07) is 0.432. The van der Waals surface area contributed by atoms with Gasteiger partial charge in [0.15, 0.2) is 0 Å². The summed E-state index contributed by atoms with van der Waals surface area (Å²) in [5, 5.41) is 0. The lowest BCUT2D eigenvalue weighted by Crippen LogP contribution is -2.32. The maximum Gasteiger partial charge on any atom is 0.0311 e. The molecule has 3 aliphatic heterocycles. The Morgan fingerprint density at radius 1 is 0.667 bits per heavy atom. The van der Waals surface area contributed by atoms with Crippen LogP contribution in [0.2, 0.25) is 0 Å². The van der Waals surface area contributed by atoms with Gasteiger partial charge in [0.25, 0.3) is 0 Å². The summed E-state index contributed by atoms with van der Waals surface area (Å²) in [7, 11) is -5.10. The summed E-state index contributed by atoms with van der Waals surface area (Å²) in [6.45, 7) is 0.746. The highest BCUT2D eigenvalue weighted by Crippen LogP contribution is 2.17. The van der Waals surface area contributed by atoms with Gasteiger partial charge in [-0.15, -0.1) is 0 Å². The van der Waals surface area contributed by atoms with Gasteiger partial charge in [-0.1, -0.05) is 0 Å². The van der Waals surface area contributed by atoms with E-state index in [2.05, 4.69) is 17.6 Å². The molecule has 9 heteroatoms. The lowest BCUT2D eigenvalue weighted by atomic mass is 10.0. The summed E-state index contributed by atoms with van der Waals surface area (Å²) in [4.78, 5) is 0. The summed E-state index contributed by atoms with van der Waals surface area (Å²) >= 11 is 0. The second-order valence-corrected chi connectivity index (χ2v) is 16.3. The predicted octanol–water partition coefficient (Wildman–Crippen LogP) is -0.671. The van der Waals surface area contributed by atoms with Crippen LogP contribution in [-0.2, 0) is 28.6 Å². The van der Waals surface area contributed by atoms with Crippen molar-refractivity contribution in [1.29, 1.82) is 0 Å². The molecule has 0 amide bonds. The van der Waals surface area contributed by atoms with Crippen LogP contribution in [-0.4, -0.2) is 83.4 Å². The van der Waals surface area contributed by atoms with Gasteiger partial charge < -0.3 is 17.2 Å². The monoisotopic (exact) mass is 441 g/mol. The zero-order chi connectivity index (χ0) is 20.7. The van der Waals surface area contributed by atoms with Crippen molar-refractivity contribution in [1.82, 2.24) is 0 Å². The molecule has 0 bridgehead atoms. The molecular weight excluding hydrogens is 402 g/mol. The van der Waals surface area contributed by atoms with E-state index in [1.807, 2.05) is 0 Å². The van der Waals surface area contributed by atoms with Crippen molar-refractivity contribution < 1.29 is 12.6 Å². The summed E-state index contributed by atoms with van der Waals surface area (Å²) in [5.74, 6) is 15.9. The highest BCUT2D eigenvalue weighted by Gasteiger charge is 2.19. The smallest absolute Gasteiger partial charge is 0.0311 e. The Labute approximate surface area is 167 Å². The molecule has 6 nitrogen and oxygen atoms in total. The fourth-order valence-corrected chi connectivity index (χ4v) is 8.39. The summed E-state index contributed by atoms with van der Waals surface area (Å²) in [6.07, 6.45) is 4.70. The third-order valence-corrected chi connectivity index (χ3v) is 11.2. The van der Waals surface area contributed by atoms with Crippen LogP contribution in [0.4, 0.5) is 0 Å². The number of nitrogens with two attached hydrogens (primary N) is 3. The van der Waals surface area contributed by atoms with Crippen LogP contribution in [0.3, 0.4) is 0 Å². The van der Waals surface area contributed by atoms with Crippen molar-refractivity contribution >= 4 is 46.2 Å². The maximum atomic E-state index is 11.3. The molecule has 3 heterocycles. The van der Waals surface area contributed by atoms with Crippen molar-refractivity contribution in [3.05, 3.63) is 0 Å². The van der Waals surface area contributed by atoms with Gasteiger partial charge in [-0.25, -0.2) is 0 Å². The molecule has 27 heavy (non-hydrogen) atoms. The highest BCUT2D eigenvalue weighted by molar-refractivity contribution is 8.01. The number of rotatable bonds is 1. The fraction of sp³-hybridized carbons (Fsp3) is 0.833. The van der Waals surface area contributed by atoms with Gasteiger partial charge >= 0.3 is 0 Å². The van der Waals surface area contributed by atoms with Gasteiger partial charge in [0.2, 0.25) is 0 Å². The van der Waals surface area contributed by atoms with Crippen LogP contribution in [0.1, 0.15) is 32.1 Å². The second kappa shape index (κ2) is 10.6. The second-order valence-electron chi connectivity index (χ2n) is 8.15. The number of hydrogen-bond donors (Lipinski definition) is 3. The quantitative estimate of drug-likeness (QED) is 0.463. The molecule has 162 valence electrons. The normalized spacial score (nSPS) is 44.3. The van der Waals surface area contributed by atoms with E-state index in [1.165, 1.54) is 0 Å². The molecule has 0 spiro atoms. The van der Waals surface area contributed by atoms with E-state index in [0.717, 1.165) is 67.4 Å². The van der Waals surface area contributed by atoms with E-state index >= 15 is 0 Å². The van der Waals surface area contributed by atoms with Gasteiger partial charge in [-0.2, -0.15) is 0 Å². The molecule has 0 aromatic carbocycles. The largest absolute Gasteiger partial charge is 0.330 e. The van der Waals surface area contributed by atoms with Crippen LogP contribution >= 0.6 is 0 Å². The minimum absolute atomic E-state index is 0.153. The molecule has 3 rings (SSSR count). The summed E-state index contributed by atoms with van der Waals surface area (Å²) < 4.78 is 33.5. The first-order chi connectivity index (χ1) is 12.3.